The van der Waals surface area contributed by atoms with Crippen LogP contribution in [-0.2, 0) is 10.3 Å². The lowest BCUT2D eigenvalue weighted by atomic mass is 9.82. The molecule has 0 aliphatic heterocycles. The van der Waals surface area contributed by atoms with E-state index in [2.05, 4.69) is 5.32 Å². The third kappa shape index (κ3) is 3.58. The van der Waals surface area contributed by atoms with Crippen LogP contribution in [0.1, 0.15) is 39.2 Å². The molecule has 1 aromatic carbocycles. The number of amides is 1. The summed E-state index contributed by atoms with van der Waals surface area (Å²) < 4.78 is 0. The molecule has 0 fully saturated rings. The van der Waals surface area contributed by atoms with Crippen LogP contribution >= 0.6 is 0 Å². The van der Waals surface area contributed by atoms with Gasteiger partial charge in [-0.1, -0.05) is 44.2 Å². The van der Waals surface area contributed by atoms with E-state index in [9.17, 15) is 9.90 Å². The quantitative estimate of drug-likeness (QED) is 0.711. The second-order valence-corrected chi connectivity index (χ2v) is 5.62. The van der Waals surface area contributed by atoms with Crippen molar-refractivity contribution in [1.82, 2.24) is 5.32 Å². The number of nitrogens with two attached hydrogens (primary N) is 1. The van der Waals surface area contributed by atoms with Gasteiger partial charge < -0.3 is 16.2 Å². The standard InChI is InChI=1S/C16H26N2O2/c1-4-16(5-2,12-19)11-18-14(20)15(3,17)13-9-7-6-8-10-13/h6-10,19H,4-5,11-12,17H2,1-3H3,(H,18,20). The molecule has 0 radical (unpaired) electrons. The van der Waals surface area contributed by atoms with Crippen LogP contribution in [0.4, 0.5) is 0 Å². The smallest absolute Gasteiger partial charge is 0.244 e. The number of rotatable bonds is 7. The van der Waals surface area contributed by atoms with E-state index < -0.39 is 5.54 Å². The van der Waals surface area contributed by atoms with Crippen LogP contribution in [0.3, 0.4) is 0 Å². The highest BCUT2D eigenvalue weighted by Crippen LogP contribution is 2.25. The SMILES string of the molecule is CCC(CC)(CO)CNC(=O)C(C)(N)c1ccccc1. The van der Waals surface area contributed by atoms with Gasteiger partial charge in [0.2, 0.25) is 5.91 Å². The molecule has 20 heavy (non-hydrogen) atoms. The Hall–Kier alpha value is -1.39. The van der Waals surface area contributed by atoms with Gasteiger partial charge in [0.15, 0.2) is 0 Å². The van der Waals surface area contributed by atoms with Gasteiger partial charge in [0.25, 0.3) is 0 Å². The zero-order valence-corrected chi connectivity index (χ0v) is 12.6. The molecular formula is C16H26N2O2. The number of hydrogen-bond donors (Lipinski definition) is 3. The topological polar surface area (TPSA) is 75.3 Å². The molecule has 4 N–H and O–H groups in total. The van der Waals surface area contributed by atoms with Gasteiger partial charge in [0.05, 0.1) is 6.61 Å². The maximum Gasteiger partial charge on any atom is 0.244 e. The maximum atomic E-state index is 12.3. The van der Waals surface area contributed by atoms with Crippen LogP contribution in [0.15, 0.2) is 30.3 Å². The van der Waals surface area contributed by atoms with Gasteiger partial charge in [-0.05, 0) is 25.3 Å². The Morgan fingerprint density at radius 2 is 1.80 bits per heavy atom. The summed E-state index contributed by atoms with van der Waals surface area (Å²) in [4.78, 5) is 12.3. The van der Waals surface area contributed by atoms with Crippen molar-refractivity contribution in [1.29, 1.82) is 0 Å². The highest BCUT2D eigenvalue weighted by atomic mass is 16.3. The molecule has 0 bridgehead atoms. The zero-order chi connectivity index (χ0) is 15.2. The number of nitrogens with one attached hydrogen (secondary N) is 1. The van der Waals surface area contributed by atoms with E-state index in [1.165, 1.54) is 0 Å². The summed E-state index contributed by atoms with van der Waals surface area (Å²) in [6.45, 7) is 6.24. The van der Waals surface area contributed by atoms with E-state index in [0.717, 1.165) is 18.4 Å². The molecule has 1 unspecified atom stereocenters. The molecule has 0 spiro atoms. The van der Waals surface area contributed by atoms with Gasteiger partial charge in [-0.15, -0.1) is 0 Å². The third-order valence-electron chi connectivity index (χ3n) is 4.30. The van der Waals surface area contributed by atoms with Crippen LogP contribution in [0.2, 0.25) is 0 Å². The number of carbonyl (C=O) groups is 1. The first kappa shape index (κ1) is 16.7. The Labute approximate surface area is 121 Å². The highest BCUT2D eigenvalue weighted by Gasteiger charge is 2.33. The lowest BCUT2D eigenvalue weighted by Crippen LogP contribution is -2.52. The minimum absolute atomic E-state index is 0.0624. The molecule has 0 aromatic heterocycles. The molecule has 1 aromatic rings. The second kappa shape index (κ2) is 6.86. The molecule has 112 valence electrons. The first-order chi connectivity index (χ1) is 9.41. The molecule has 0 heterocycles. The largest absolute Gasteiger partial charge is 0.396 e. The van der Waals surface area contributed by atoms with Crippen molar-refractivity contribution in [2.24, 2.45) is 11.1 Å². The number of hydrogen-bond acceptors (Lipinski definition) is 3. The van der Waals surface area contributed by atoms with Crippen molar-refractivity contribution in [3.05, 3.63) is 35.9 Å². The molecular weight excluding hydrogens is 252 g/mol. The van der Waals surface area contributed by atoms with Crippen molar-refractivity contribution in [3.8, 4) is 0 Å². The van der Waals surface area contributed by atoms with Gasteiger partial charge in [-0.3, -0.25) is 4.79 Å². The fourth-order valence-corrected chi connectivity index (χ4v) is 2.15. The normalized spacial score (nSPS) is 14.7. The third-order valence-corrected chi connectivity index (χ3v) is 4.30. The molecule has 1 atom stereocenters. The van der Waals surface area contributed by atoms with Crippen LogP contribution in [0.25, 0.3) is 0 Å². The second-order valence-electron chi connectivity index (χ2n) is 5.62. The van der Waals surface area contributed by atoms with Gasteiger partial charge in [-0.25, -0.2) is 0 Å². The van der Waals surface area contributed by atoms with Crippen molar-refractivity contribution in [3.63, 3.8) is 0 Å². The molecule has 4 nitrogen and oxygen atoms in total. The van der Waals surface area contributed by atoms with E-state index in [1.54, 1.807) is 6.92 Å². The minimum atomic E-state index is -1.07. The summed E-state index contributed by atoms with van der Waals surface area (Å²) in [6, 6.07) is 9.31. The van der Waals surface area contributed by atoms with E-state index in [0.29, 0.717) is 6.54 Å². The van der Waals surface area contributed by atoms with E-state index >= 15 is 0 Å². The zero-order valence-electron chi connectivity index (χ0n) is 12.6. The summed E-state index contributed by atoms with van der Waals surface area (Å²) in [7, 11) is 0. The first-order valence-electron chi connectivity index (χ1n) is 7.15. The Balaban J connectivity index is 2.76. The first-order valence-corrected chi connectivity index (χ1v) is 7.15. The van der Waals surface area contributed by atoms with E-state index in [4.69, 9.17) is 5.73 Å². The van der Waals surface area contributed by atoms with Crippen LogP contribution in [0, 0.1) is 5.41 Å². The minimum Gasteiger partial charge on any atom is -0.396 e. The van der Waals surface area contributed by atoms with E-state index in [-0.39, 0.29) is 17.9 Å². The van der Waals surface area contributed by atoms with Crippen molar-refractivity contribution in [2.75, 3.05) is 13.2 Å². The summed E-state index contributed by atoms with van der Waals surface area (Å²) in [6.07, 6.45) is 1.62. The van der Waals surface area contributed by atoms with Gasteiger partial charge in [0.1, 0.15) is 5.54 Å². The number of aliphatic hydroxyl groups excluding tert-OH is 1. The van der Waals surface area contributed by atoms with Crippen molar-refractivity contribution >= 4 is 5.91 Å². The summed E-state index contributed by atoms with van der Waals surface area (Å²) in [5.74, 6) is -0.219. The molecule has 0 aliphatic rings. The van der Waals surface area contributed by atoms with Gasteiger partial charge in [0, 0.05) is 12.0 Å². The Bertz CT molecular complexity index is 417. The maximum absolute atomic E-state index is 12.3. The predicted molar refractivity (Wildman–Crippen MR) is 81.1 cm³/mol. The average Bonchev–Trinajstić information content (AvgIpc) is 2.49. The molecule has 4 heteroatoms. The molecule has 0 aliphatic carbocycles. The fourth-order valence-electron chi connectivity index (χ4n) is 2.15. The van der Waals surface area contributed by atoms with Gasteiger partial charge in [-0.2, -0.15) is 0 Å². The Morgan fingerprint density at radius 1 is 1.25 bits per heavy atom. The van der Waals surface area contributed by atoms with Gasteiger partial charge >= 0.3 is 0 Å². The summed E-state index contributed by atoms with van der Waals surface area (Å²) >= 11 is 0. The van der Waals surface area contributed by atoms with Crippen LogP contribution in [0.5, 0.6) is 0 Å². The van der Waals surface area contributed by atoms with Crippen molar-refractivity contribution in [2.45, 2.75) is 39.2 Å². The Morgan fingerprint density at radius 3 is 2.25 bits per heavy atom. The number of benzene rings is 1. The van der Waals surface area contributed by atoms with Crippen LogP contribution < -0.4 is 11.1 Å². The highest BCUT2D eigenvalue weighted by molar-refractivity contribution is 5.87. The summed E-state index contributed by atoms with van der Waals surface area (Å²) in [5.41, 5.74) is 5.61. The lowest BCUT2D eigenvalue weighted by Gasteiger charge is -2.32. The monoisotopic (exact) mass is 278 g/mol. The molecule has 0 saturated carbocycles. The Kier molecular flexibility index (Phi) is 5.72. The average molecular weight is 278 g/mol. The van der Waals surface area contributed by atoms with E-state index in [1.807, 2.05) is 44.2 Å². The van der Waals surface area contributed by atoms with Crippen molar-refractivity contribution < 1.29 is 9.90 Å². The number of carbonyl (C=O) groups excluding carboxylic acids is 1. The molecule has 1 rings (SSSR count). The molecule has 1 amide bonds. The number of aliphatic hydroxyl groups is 1. The summed E-state index contributed by atoms with van der Waals surface area (Å²) in [5, 5.41) is 12.4. The molecule has 0 saturated heterocycles. The lowest BCUT2D eigenvalue weighted by molar-refractivity contribution is -0.126. The predicted octanol–water partition coefficient (Wildman–Crippen LogP) is 1.78. The van der Waals surface area contributed by atoms with Crippen LogP contribution in [-0.4, -0.2) is 24.2 Å². The fraction of sp³-hybridized carbons (Fsp3) is 0.562.